The Morgan fingerprint density at radius 1 is 0.571 bits per heavy atom. The topological polar surface area (TPSA) is 26.3 Å². The summed E-state index contributed by atoms with van der Waals surface area (Å²) >= 11 is 0. The molecule has 0 unspecified atom stereocenters. The first-order valence-corrected chi connectivity index (χ1v) is 14.6. The highest BCUT2D eigenvalue weighted by Gasteiger charge is 2.18. The first-order valence-electron chi connectivity index (χ1n) is 14.6. The lowest BCUT2D eigenvalue weighted by molar-refractivity contribution is -0.144. The van der Waals surface area contributed by atoms with Gasteiger partial charge in [0.2, 0.25) is 0 Å². The maximum atomic E-state index is 12.5. The molecule has 0 spiro atoms. The third kappa shape index (κ3) is 14.2. The van der Waals surface area contributed by atoms with E-state index in [0.29, 0.717) is 13.0 Å². The van der Waals surface area contributed by atoms with Gasteiger partial charge in [-0.05, 0) is 17.5 Å². The molecule has 0 amide bonds. The molecule has 2 nitrogen and oxygen atoms in total. The zero-order valence-corrected chi connectivity index (χ0v) is 22.4. The van der Waals surface area contributed by atoms with Crippen LogP contribution in [0.5, 0.6) is 0 Å². The molecule has 0 N–H and O–H groups in total. The minimum absolute atomic E-state index is 0.0516. The van der Waals surface area contributed by atoms with Crippen molar-refractivity contribution in [2.75, 3.05) is 6.61 Å². The van der Waals surface area contributed by atoms with Crippen LogP contribution in [-0.2, 0) is 9.53 Å². The van der Waals surface area contributed by atoms with Gasteiger partial charge in [-0.25, -0.2) is 0 Å². The minimum Gasteiger partial charge on any atom is -0.466 e. The number of hydrogen-bond acceptors (Lipinski definition) is 2. The second kappa shape index (κ2) is 20.1. The Labute approximate surface area is 215 Å². The summed E-state index contributed by atoms with van der Waals surface area (Å²) < 4.78 is 5.60. The number of hydrogen-bond donors (Lipinski definition) is 0. The van der Waals surface area contributed by atoms with Crippen molar-refractivity contribution >= 4 is 5.97 Å². The molecule has 0 aliphatic carbocycles. The van der Waals surface area contributed by atoms with Crippen LogP contribution in [0.1, 0.15) is 133 Å². The zero-order valence-electron chi connectivity index (χ0n) is 22.4. The lowest BCUT2D eigenvalue weighted by atomic mass is 9.89. The van der Waals surface area contributed by atoms with Gasteiger partial charge in [0.05, 0.1) is 13.0 Å². The van der Waals surface area contributed by atoms with Gasteiger partial charge in [0.25, 0.3) is 0 Å². The number of ether oxygens (including phenoxy) is 1. The molecule has 2 aromatic rings. The summed E-state index contributed by atoms with van der Waals surface area (Å²) in [6, 6.07) is 20.6. The SMILES string of the molecule is CCCCCCCCCCCCCCCCCCOC(=O)CC(c1ccccc1)c1ccccc1. The number of unbranched alkanes of at least 4 members (excludes halogenated alkanes) is 15. The molecule has 2 aromatic carbocycles. The fraction of sp³-hybridized carbons (Fsp3) is 0.606. The molecule has 2 heteroatoms. The Hall–Kier alpha value is -2.09. The second-order valence-electron chi connectivity index (χ2n) is 10.1. The van der Waals surface area contributed by atoms with Gasteiger partial charge in [0.1, 0.15) is 0 Å². The van der Waals surface area contributed by atoms with E-state index in [4.69, 9.17) is 4.74 Å². The average Bonchev–Trinajstić information content (AvgIpc) is 2.90. The summed E-state index contributed by atoms with van der Waals surface area (Å²) in [6.45, 7) is 2.83. The third-order valence-electron chi connectivity index (χ3n) is 7.04. The molecule has 35 heavy (non-hydrogen) atoms. The number of carbonyl (C=O) groups is 1. The number of rotatable bonds is 21. The monoisotopic (exact) mass is 478 g/mol. The van der Waals surface area contributed by atoms with Crippen LogP contribution >= 0.6 is 0 Å². The molecule has 0 aliphatic rings. The van der Waals surface area contributed by atoms with E-state index in [-0.39, 0.29) is 11.9 Å². The number of esters is 1. The van der Waals surface area contributed by atoms with Crippen LogP contribution in [0, 0.1) is 0 Å². The lowest BCUT2D eigenvalue weighted by Gasteiger charge is -2.17. The predicted molar refractivity (Wildman–Crippen MR) is 150 cm³/mol. The van der Waals surface area contributed by atoms with E-state index in [1.165, 1.54) is 89.9 Å². The highest BCUT2D eigenvalue weighted by molar-refractivity contribution is 5.71. The molecule has 0 fully saturated rings. The highest BCUT2D eigenvalue weighted by Crippen LogP contribution is 2.28. The molecular formula is C33H50O2. The Morgan fingerprint density at radius 2 is 0.943 bits per heavy atom. The summed E-state index contributed by atoms with van der Waals surface area (Å²) in [6.07, 6.45) is 22.0. The number of carbonyl (C=O) groups excluding carboxylic acids is 1. The highest BCUT2D eigenvalue weighted by atomic mass is 16.5. The van der Waals surface area contributed by atoms with Crippen LogP contribution in [-0.4, -0.2) is 12.6 Å². The van der Waals surface area contributed by atoms with E-state index in [1.54, 1.807) is 0 Å². The van der Waals surface area contributed by atoms with Crippen molar-refractivity contribution in [1.82, 2.24) is 0 Å². The van der Waals surface area contributed by atoms with E-state index >= 15 is 0 Å². The molecule has 0 bridgehead atoms. The van der Waals surface area contributed by atoms with Crippen molar-refractivity contribution in [2.45, 2.75) is 122 Å². The summed E-state index contributed by atoms with van der Waals surface area (Å²) in [4.78, 5) is 12.5. The Kier molecular flexibility index (Phi) is 16.8. The van der Waals surface area contributed by atoms with Crippen LogP contribution < -0.4 is 0 Å². The average molecular weight is 479 g/mol. The van der Waals surface area contributed by atoms with E-state index in [0.717, 1.165) is 24.0 Å². The Balaban J connectivity index is 1.45. The molecule has 0 heterocycles. The Bertz CT molecular complexity index is 701. The standard InChI is InChI=1S/C33H50O2/c1-2-3-4-5-6-7-8-9-10-11-12-13-14-15-16-23-28-35-33(34)29-32(30-24-19-17-20-25-30)31-26-21-18-22-27-31/h17-22,24-27,32H,2-16,23,28-29H2,1H3. The Morgan fingerprint density at radius 3 is 1.34 bits per heavy atom. The maximum Gasteiger partial charge on any atom is 0.306 e. The molecule has 0 saturated heterocycles. The quantitative estimate of drug-likeness (QED) is 0.132. The van der Waals surface area contributed by atoms with Crippen LogP contribution in [0.2, 0.25) is 0 Å². The van der Waals surface area contributed by atoms with Crippen molar-refractivity contribution in [3.63, 3.8) is 0 Å². The van der Waals surface area contributed by atoms with E-state index in [1.807, 2.05) is 36.4 Å². The fourth-order valence-electron chi connectivity index (χ4n) is 4.86. The third-order valence-corrected chi connectivity index (χ3v) is 7.04. The summed E-state index contributed by atoms with van der Waals surface area (Å²) in [7, 11) is 0. The van der Waals surface area contributed by atoms with Gasteiger partial charge in [0, 0.05) is 5.92 Å². The normalized spacial score (nSPS) is 11.1. The summed E-state index contributed by atoms with van der Waals surface area (Å²) in [5.41, 5.74) is 2.33. The van der Waals surface area contributed by atoms with Crippen molar-refractivity contribution in [3.05, 3.63) is 71.8 Å². The van der Waals surface area contributed by atoms with E-state index in [9.17, 15) is 4.79 Å². The molecule has 0 aliphatic heterocycles. The summed E-state index contributed by atoms with van der Waals surface area (Å²) in [5, 5.41) is 0. The molecule has 2 rings (SSSR count). The zero-order chi connectivity index (χ0) is 24.8. The molecular weight excluding hydrogens is 428 g/mol. The van der Waals surface area contributed by atoms with Crippen molar-refractivity contribution < 1.29 is 9.53 Å². The van der Waals surface area contributed by atoms with E-state index in [2.05, 4.69) is 31.2 Å². The van der Waals surface area contributed by atoms with Gasteiger partial charge in [-0.1, -0.05) is 164 Å². The lowest BCUT2D eigenvalue weighted by Crippen LogP contribution is -2.12. The smallest absolute Gasteiger partial charge is 0.306 e. The largest absolute Gasteiger partial charge is 0.466 e. The second-order valence-corrected chi connectivity index (χ2v) is 10.1. The van der Waals surface area contributed by atoms with Gasteiger partial charge >= 0.3 is 5.97 Å². The molecule has 0 aromatic heterocycles. The van der Waals surface area contributed by atoms with Crippen LogP contribution in [0.25, 0.3) is 0 Å². The first-order chi connectivity index (χ1) is 17.3. The van der Waals surface area contributed by atoms with Crippen molar-refractivity contribution in [1.29, 1.82) is 0 Å². The fourth-order valence-corrected chi connectivity index (χ4v) is 4.86. The van der Waals surface area contributed by atoms with Crippen molar-refractivity contribution in [2.24, 2.45) is 0 Å². The van der Waals surface area contributed by atoms with Gasteiger partial charge in [0.15, 0.2) is 0 Å². The van der Waals surface area contributed by atoms with Gasteiger partial charge in [-0.2, -0.15) is 0 Å². The molecule has 0 atom stereocenters. The predicted octanol–water partition coefficient (Wildman–Crippen LogP) is 10.0. The summed E-state index contributed by atoms with van der Waals surface area (Å²) in [5.74, 6) is -0.0423. The molecule has 194 valence electrons. The van der Waals surface area contributed by atoms with Crippen molar-refractivity contribution in [3.8, 4) is 0 Å². The minimum atomic E-state index is -0.0938. The first kappa shape index (κ1) is 29.1. The van der Waals surface area contributed by atoms with Crippen LogP contribution in [0.3, 0.4) is 0 Å². The van der Waals surface area contributed by atoms with Gasteiger partial charge in [-0.15, -0.1) is 0 Å². The molecule has 0 radical (unpaired) electrons. The van der Waals surface area contributed by atoms with Gasteiger partial charge < -0.3 is 4.74 Å². The van der Waals surface area contributed by atoms with Crippen LogP contribution in [0.4, 0.5) is 0 Å². The maximum absolute atomic E-state index is 12.5. The molecule has 0 saturated carbocycles. The van der Waals surface area contributed by atoms with Crippen LogP contribution in [0.15, 0.2) is 60.7 Å². The van der Waals surface area contributed by atoms with E-state index < -0.39 is 0 Å². The number of benzene rings is 2. The van der Waals surface area contributed by atoms with Gasteiger partial charge in [-0.3, -0.25) is 4.79 Å².